The summed E-state index contributed by atoms with van der Waals surface area (Å²) in [7, 11) is 1.00. The summed E-state index contributed by atoms with van der Waals surface area (Å²) in [5.74, 6) is -0.285. The van der Waals surface area contributed by atoms with Crippen molar-refractivity contribution in [1.29, 1.82) is 0 Å². The number of hydrogen-bond acceptors (Lipinski definition) is 1. The van der Waals surface area contributed by atoms with Crippen LogP contribution in [-0.4, -0.2) is 17.8 Å². The van der Waals surface area contributed by atoms with Gasteiger partial charge in [0.1, 0.15) is 5.82 Å². The maximum Gasteiger partial charge on any atom is 0.126 e. The van der Waals surface area contributed by atoms with Gasteiger partial charge in [0.25, 0.3) is 0 Å². The molecule has 0 bridgehead atoms. The largest absolute Gasteiger partial charge is 0.652 e. The maximum absolute atomic E-state index is 13.8. The van der Waals surface area contributed by atoms with Gasteiger partial charge in [-0.3, -0.25) is 0 Å². The summed E-state index contributed by atoms with van der Waals surface area (Å²) in [6, 6.07) is 2.80. The van der Waals surface area contributed by atoms with Crippen LogP contribution in [-0.2, 0) is 0 Å². The molecule has 104 valence electrons. The molecule has 0 amide bonds. The molecular weight excluding hydrogens is 514 g/mol. The van der Waals surface area contributed by atoms with Crippen LogP contribution in [0.2, 0.25) is 10.0 Å². The smallest absolute Gasteiger partial charge is 0.126 e. The van der Waals surface area contributed by atoms with Gasteiger partial charge in [-0.1, -0.05) is 48.9 Å². The Morgan fingerprint density at radius 2 is 1.84 bits per heavy atom. The summed E-state index contributed by atoms with van der Waals surface area (Å²) in [5.41, 5.74) is 0.478. The number of halogens is 3. The summed E-state index contributed by atoms with van der Waals surface area (Å²) < 4.78 is 13.8. The van der Waals surface area contributed by atoms with Gasteiger partial charge in [-0.2, -0.15) is 0 Å². The first kappa shape index (κ1) is 17.8. The fourth-order valence-electron chi connectivity index (χ4n) is 2.74. The SMILES string of the molecule is CO.Fc1ccc(Cl)c(Cl)c1C1[N-]C12CCCC2.[U]. The van der Waals surface area contributed by atoms with Crippen molar-refractivity contribution >= 4 is 23.2 Å². The molecule has 1 heterocycles. The number of rotatable bonds is 1. The molecule has 1 aromatic carbocycles. The van der Waals surface area contributed by atoms with Crippen LogP contribution in [0.3, 0.4) is 0 Å². The second-order valence-corrected chi connectivity index (χ2v) is 5.38. The van der Waals surface area contributed by atoms with Crippen LogP contribution in [0.4, 0.5) is 4.39 Å². The molecule has 6 heteroatoms. The van der Waals surface area contributed by atoms with Crippen LogP contribution >= 0.6 is 23.2 Å². The Morgan fingerprint density at radius 1 is 1.26 bits per heavy atom. The number of nitrogens with zero attached hydrogens (tertiary/aromatic N) is 1. The van der Waals surface area contributed by atoms with Crippen molar-refractivity contribution in [1.82, 2.24) is 0 Å². The van der Waals surface area contributed by atoms with Crippen molar-refractivity contribution in [2.45, 2.75) is 37.3 Å². The Bertz CT molecular complexity index is 453. The first-order valence-electron chi connectivity index (χ1n) is 5.94. The third kappa shape index (κ3) is 3.31. The summed E-state index contributed by atoms with van der Waals surface area (Å²) in [5, 5.41) is 12.3. The van der Waals surface area contributed by atoms with Crippen LogP contribution in [0.15, 0.2) is 12.1 Å². The van der Waals surface area contributed by atoms with Crippen molar-refractivity contribution in [3.05, 3.63) is 38.9 Å². The van der Waals surface area contributed by atoms with Crippen molar-refractivity contribution in [2.75, 3.05) is 7.11 Å². The average Bonchev–Trinajstić information content (AvgIpc) is 2.85. The van der Waals surface area contributed by atoms with E-state index in [1.54, 1.807) is 0 Å². The monoisotopic (exact) mass is 528 g/mol. The molecule has 19 heavy (non-hydrogen) atoms. The molecule has 1 atom stereocenters. The van der Waals surface area contributed by atoms with Gasteiger partial charge in [-0.05, 0) is 17.7 Å². The third-order valence-corrected chi connectivity index (χ3v) is 4.47. The van der Waals surface area contributed by atoms with Crippen LogP contribution in [0.1, 0.15) is 37.3 Å². The summed E-state index contributed by atoms with van der Waals surface area (Å²) in [6.07, 6.45) is 4.47. The summed E-state index contributed by atoms with van der Waals surface area (Å²) >= 11 is 12.0. The van der Waals surface area contributed by atoms with Gasteiger partial charge in [0.2, 0.25) is 0 Å². The Morgan fingerprint density at radius 3 is 2.42 bits per heavy atom. The van der Waals surface area contributed by atoms with Gasteiger partial charge in [0.05, 0.1) is 10.0 Å². The number of hydrogen-bond donors (Lipinski definition) is 1. The van der Waals surface area contributed by atoms with E-state index in [4.69, 9.17) is 28.3 Å². The van der Waals surface area contributed by atoms with Gasteiger partial charge < -0.3 is 10.4 Å². The second-order valence-electron chi connectivity index (χ2n) is 4.60. The molecule has 1 saturated heterocycles. The van der Waals surface area contributed by atoms with E-state index in [0.717, 1.165) is 20.0 Å². The Balaban J connectivity index is 0.000000576. The normalized spacial score (nSPS) is 22.5. The quantitative estimate of drug-likeness (QED) is 0.423. The molecule has 1 unspecified atom stereocenters. The van der Waals surface area contributed by atoms with Crippen molar-refractivity contribution < 1.29 is 40.6 Å². The third-order valence-electron chi connectivity index (χ3n) is 3.65. The Kier molecular flexibility index (Phi) is 6.65. The first-order valence-corrected chi connectivity index (χ1v) is 6.70. The zero-order chi connectivity index (χ0) is 13.3. The van der Waals surface area contributed by atoms with E-state index < -0.39 is 0 Å². The van der Waals surface area contributed by atoms with Crippen LogP contribution in [0.5, 0.6) is 0 Å². The molecule has 1 spiro atoms. The first-order chi connectivity index (χ1) is 8.64. The Labute approximate surface area is 146 Å². The molecule has 1 aromatic rings. The predicted octanol–water partition coefficient (Wildman–Crippen LogP) is 4.48. The van der Waals surface area contributed by atoms with E-state index in [9.17, 15) is 4.39 Å². The van der Waals surface area contributed by atoms with Crippen molar-refractivity contribution in [3.63, 3.8) is 0 Å². The van der Waals surface area contributed by atoms with Crippen molar-refractivity contribution in [2.24, 2.45) is 0 Å². The molecule has 1 saturated carbocycles. The topological polar surface area (TPSA) is 34.3 Å². The van der Waals surface area contributed by atoms with Crippen LogP contribution in [0.25, 0.3) is 5.32 Å². The van der Waals surface area contributed by atoms with E-state index in [1.807, 2.05) is 0 Å². The molecule has 0 radical (unpaired) electrons. The predicted molar refractivity (Wildman–Crippen MR) is 71.9 cm³/mol. The molecule has 1 aliphatic carbocycles. The van der Waals surface area contributed by atoms with Gasteiger partial charge in [-0.15, -0.1) is 11.6 Å². The number of aliphatic hydroxyl groups is 1. The number of aliphatic hydroxyl groups excluding tert-OH is 1. The molecule has 0 aromatic heterocycles. The fraction of sp³-hybridized carbons (Fsp3) is 0.538. The molecule has 2 fully saturated rings. The number of benzene rings is 1. The standard InChI is InChI=1S/C12H11Cl2FN.CH4O.U/c13-7-3-4-8(15)9(10(7)14)11-12(16-11)5-1-2-6-12;1-2;/h3-4,11H,1-2,5-6H2;2H,1H3;/q-1;;. The van der Waals surface area contributed by atoms with E-state index in [0.29, 0.717) is 15.6 Å². The van der Waals surface area contributed by atoms with E-state index in [2.05, 4.69) is 5.32 Å². The van der Waals surface area contributed by atoms with Crippen LogP contribution in [0, 0.1) is 36.9 Å². The Hall–Kier alpha value is 0.702. The van der Waals surface area contributed by atoms with E-state index >= 15 is 0 Å². The summed E-state index contributed by atoms with van der Waals surface area (Å²) in [6.45, 7) is 0. The van der Waals surface area contributed by atoms with Crippen molar-refractivity contribution in [3.8, 4) is 0 Å². The van der Waals surface area contributed by atoms with Gasteiger partial charge in [0, 0.05) is 38.2 Å². The minimum atomic E-state index is -0.285. The van der Waals surface area contributed by atoms with Gasteiger partial charge >= 0.3 is 0 Å². The molecule has 1 aliphatic heterocycles. The van der Waals surface area contributed by atoms with E-state index in [-0.39, 0.29) is 48.5 Å². The maximum atomic E-state index is 13.8. The minimum Gasteiger partial charge on any atom is -0.652 e. The van der Waals surface area contributed by atoms with Crippen LogP contribution < -0.4 is 0 Å². The second kappa shape index (κ2) is 7.11. The molecular formula is C13H15Cl2FNOU-. The van der Waals surface area contributed by atoms with E-state index in [1.165, 1.54) is 25.0 Å². The zero-order valence-electron chi connectivity index (χ0n) is 10.6. The van der Waals surface area contributed by atoms with Gasteiger partial charge in [0.15, 0.2) is 0 Å². The molecule has 2 nitrogen and oxygen atoms in total. The fourth-order valence-corrected chi connectivity index (χ4v) is 3.16. The summed E-state index contributed by atoms with van der Waals surface area (Å²) in [4.78, 5) is 0. The zero-order valence-corrected chi connectivity index (χ0v) is 16.3. The molecule has 3 rings (SSSR count). The molecule has 2 aliphatic rings. The minimum absolute atomic E-state index is 0. The molecule has 1 N–H and O–H groups in total. The average molecular weight is 529 g/mol. The van der Waals surface area contributed by atoms with Gasteiger partial charge in [-0.25, -0.2) is 4.39 Å².